The first-order valence-electron chi connectivity index (χ1n) is 10.6. The second-order valence-electron chi connectivity index (χ2n) is 7.98. The highest BCUT2D eigenvalue weighted by molar-refractivity contribution is 7.90. The molecule has 0 bridgehead atoms. The number of fused-ring (bicyclic) bond motifs is 1. The van der Waals surface area contributed by atoms with E-state index in [0.717, 1.165) is 21.3 Å². The predicted octanol–water partition coefficient (Wildman–Crippen LogP) is 4.85. The van der Waals surface area contributed by atoms with Crippen molar-refractivity contribution >= 4 is 42.4 Å². The fourth-order valence-corrected chi connectivity index (χ4v) is 5.90. The second kappa shape index (κ2) is 9.80. The molecule has 0 unspecified atom stereocenters. The second-order valence-corrected chi connectivity index (χ2v) is 11.2. The van der Waals surface area contributed by atoms with Crippen LogP contribution in [0, 0.1) is 13.8 Å². The Kier molecular flexibility index (Phi) is 6.85. The third-order valence-electron chi connectivity index (χ3n) is 5.51. The number of aryl methyl sites for hydroxylation is 2. The zero-order valence-electron chi connectivity index (χ0n) is 18.6. The fourth-order valence-electron chi connectivity index (χ4n) is 3.52. The Morgan fingerprint density at radius 3 is 2.48 bits per heavy atom. The summed E-state index contributed by atoms with van der Waals surface area (Å²) in [6.45, 7) is 4.28. The van der Waals surface area contributed by atoms with Crippen LogP contribution in [-0.2, 0) is 26.9 Å². The van der Waals surface area contributed by atoms with Crippen molar-refractivity contribution in [2.45, 2.75) is 32.6 Å². The van der Waals surface area contributed by atoms with E-state index >= 15 is 0 Å². The van der Waals surface area contributed by atoms with E-state index in [-0.39, 0.29) is 30.4 Å². The number of anilines is 1. The highest BCUT2D eigenvalue weighted by Crippen LogP contribution is 2.33. The van der Waals surface area contributed by atoms with E-state index < -0.39 is 9.84 Å². The molecule has 0 aliphatic rings. The molecule has 1 amide bonds. The number of hydrogen-bond donors (Lipinski definition) is 0. The first-order chi connectivity index (χ1) is 15.8. The summed E-state index contributed by atoms with van der Waals surface area (Å²) in [5.74, 6) is -0.589. The maximum absolute atomic E-state index is 13.3. The number of pyridine rings is 1. The van der Waals surface area contributed by atoms with Gasteiger partial charge in [0, 0.05) is 12.6 Å². The fraction of sp³-hybridized carbons (Fsp3) is 0.240. The summed E-state index contributed by atoms with van der Waals surface area (Å²) >= 11 is 1.43. The highest BCUT2D eigenvalue weighted by Gasteiger charge is 2.23. The Morgan fingerprint density at radius 1 is 1.00 bits per heavy atom. The van der Waals surface area contributed by atoms with Crippen molar-refractivity contribution in [1.82, 2.24) is 9.97 Å². The molecule has 4 aromatic rings. The minimum absolute atomic E-state index is 0.0824. The molecule has 2 heterocycles. The van der Waals surface area contributed by atoms with Gasteiger partial charge in [0.25, 0.3) is 0 Å². The Balaban J connectivity index is 1.58. The third-order valence-corrected chi connectivity index (χ3v) is 8.15. The van der Waals surface area contributed by atoms with E-state index in [2.05, 4.69) is 4.98 Å². The zero-order valence-corrected chi connectivity index (χ0v) is 20.2. The van der Waals surface area contributed by atoms with Gasteiger partial charge in [-0.25, -0.2) is 13.4 Å². The molecule has 0 aliphatic carbocycles. The summed E-state index contributed by atoms with van der Waals surface area (Å²) in [5.41, 5.74) is 4.50. The van der Waals surface area contributed by atoms with E-state index in [9.17, 15) is 13.2 Å². The lowest BCUT2D eigenvalue weighted by atomic mass is 10.1. The first kappa shape index (κ1) is 23.1. The van der Waals surface area contributed by atoms with Crippen LogP contribution in [0.15, 0.2) is 66.9 Å². The van der Waals surface area contributed by atoms with Crippen LogP contribution in [0.2, 0.25) is 0 Å². The minimum Gasteiger partial charge on any atom is -0.282 e. The smallest absolute Gasteiger partial charge is 0.230 e. The van der Waals surface area contributed by atoms with Gasteiger partial charge in [0.05, 0.1) is 34.0 Å². The van der Waals surface area contributed by atoms with E-state index in [4.69, 9.17) is 4.98 Å². The van der Waals surface area contributed by atoms with Gasteiger partial charge in [0.2, 0.25) is 5.91 Å². The summed E-state index contributed by atoms with van der Waals surface area (Å²) in [4.78, 5) is 23.9. The maximum atomic E-state index is 13.3. The molecule has 170 valence electrons. The van der Waals surface area contributed by atoms with Gasteiger partial charge in [-0.2, -0.15) is 0 Å². The highest BCUT2D eigenvalue weighted by atomic mass is 32.2. The summed E-state index contributed by atoms with van der Waals surface area (Å²) in [5, 5.41) is 0.551. The monoisotopic (exact) mass is 479 g/mol. The van der Waals surface area contributed by atoms with Crippen molar-refractivity contribution < 1.29 is 13.2 Å². The van der Waals surface area contributed by atoms with E-state index in [1.165, 1.54) is 11.3 Å². The van der Waals surface area contributed by atoms with Gasteiger partial charge in [0.15, 0.2) is 15.0 Å². The standard InChI is InChI=1S/C25H25N3O3S2/c1-18-11-12-22-24(19(18)2)27-25(32-22)28(16-21-10-6-7-14-26-21)23(29)13-15-33(30,31)17-20-8-4-3-5-9-20/h3-12,14H,13,15-17H2,1-2H3. The Hall–Kier alpha value is -3.10. The van der Waals surface area contributed by atoms with E-state index in [0.29, 0.717) is 16.4 Å². The zero-order chi connectivity index (χ0) is 23.4. The SMILES string of the molecule is Cc1ccc2sc(N(Cc3ccccn3)C(=O)CCS(=O)(=O)Cc3ccccc3)nc2c1C. The van der Waals surface area contributed by atoms with Gasteiger partial charge >= 0.3 is 0 Å². The maximum Gasteiger partial charge on any atom is 0.230 e. The lowest BCUT2D eigenvalue weighted by Gasteiger charge is -2.19. The van der Waals surface area contributed by atoms with Crippen LogP contribution in [-0.4, -0.2) is 30.0 Å². The van der Waals surface area contributed by atoms with Gasteiger partial charge in [-0.1, -0.05) is 53.8 Å². The molecule has 0 aliphatic heterocycles. The molecular weight excluding hydrogens is 454 g/mol. The number of benzene rings is 2. The summed E-state index contributed by atoms with van der Waals surface area (Å²) in [6, 6.07) is 18.6. The van der Waals surface area contributed by atoms with Crippen molar-refractivity contribution in [2.24, 2.45) is 0 Å². The van der Waals surface area contributed by atoms with Gasteiger partial charge in [-0.3, -0.25) is 14.7 Å². The molecule has 6 nitrogen and oxygen atoms in total. The van der Waals surface area contributed by atoms with Crippen LogP contribution in [0.4, 0.5) is 5.13 Å². The van der Waals surface area contributed by atoms with Crippen molar-refractivity contribution in [3.05, 3.63) is 89.2 Å². The molecule has 0 N–H and O–H groups in total. The molecule has 2 aromatic carbocycles. The van der Waals surface area contributed by atoms with Crippen LogP contribution in [0.3, 0.4) is 0 Å². The molecule has 0 saturated carbocycles. The quantitative estimate of drug-likeness (QED) is 0.361. The molecule has 4 rings (SSSR count). The van der Waals surface area contributed by atoms with Crippen molar-refractivity contribution in [3.8, 4) is 0 Å². The van der Waals surface area contributed by atoms with Crippen molar-refractivity contribution in [1.29, 1.82) is 0 Å². The van der Waals surface area contributed by atoms with Crippen LogP contribution < -0.4 is 4.90 Å². The number of rotatable bonds is 8. The molecule has 0 atom stereocenters. The average molecular weight is 480 g/mol. The van der Waals surface area contributed by atoms with Crippen molar-refractivity contribution in [3.63, 3.8) is 0 Å². The number of aromatic nitrogens is 2. The van der Waals surface area contributed by atoms with Crippen LogP contribution in [0.1, 0.15) is 28.8 Å². The van der Waals surface area contributed by atoms with Gasteiger partial charge in [0.1, 0.15) is 0 Å². The molecule has 33 heavy (non-hydrogen) atoms. The van der Waals surface area contributed by atoms with E-state index in [1.807, 2.05) is 50.2 Å². The van der Waals surface area contributed by atoms with Gasteiger partial charge < -0.3 is 0 Å². The molecule has 8 heteroatoms. The van der Waals surface area contributed by atoms with Crippen molar-refractivity contribution in [2.75, 3.05) is 10.7 Å². The molecule has 0 fully saturated rings. The lowest BCUT2D eigenvalue weighted by molar-refractivity contribution is -0.118. The topological polar surface area (TPSA) is 80.2 Å². The van der Waals surface area contributed by atoms with Gasteiger partial charge in [-0.05, 0) is 48.7 Å². The molecule has 2 aromatic heterocycles. The Morgan fingerprint density at radius 2 is 1.76 bits per heavy atom. The Labute approximate surface area is 197 Å². The van der Waals surface area contributed by atoms with Crippen LogP contribution in [0.25, 0.3) is 10.2 Å². The molecule has 0 radical (unpaired) electrons. The number of hydrogen-bond acceptors (Lipinski definition) is 6. The molecular formula is C25H25N3O3S2. The molecule has 0 saturated heterocycles. The number of amides is 1. The number of carbonyl (C=O) groups is 1. The summed E-state index contributed by atoms with van der Waals surface area (Å²) < 4.78 is 26.3. The number of nitrogens with zero attached hydrogens (tertiary/aromatic N) is 3. The predicted molar refractivity (Wildman–Crippen MR) is 133 cm³/mol. The largest absolute Gasteiger partial charge is 0.282 e. The summed E-state index contributed by atoms with van der Waals surface area (Å²) in [6.07, 6.45) is 1.56. The Bertz CT molecular complexity index is 1370. The number of thiazole rings is 1. The lowest BCUT2D eigenvalue weighted by Crippen LogP contribution is -2.32. The molecule has 0 spiro atoms. The number of carbonyl (C=O) groups excluding carboxylic acids is 1. The normalized spacial score (nSPS) is 11.6. The average Bonchev–Trinajstić information content (AvgIpc) is 3.24. The summed E-state index contributed by atoms with van der Waals surface area (Å²) in [7, 11) is -3.44. The third kappa shape index (κ3) is 5.64. The van der Waals surface area contributed by atoms with Gasteiger partial charge in [-0.15, -0.1) is 0 Å². The minimum atomic E-state index is -3.44. The number of sulfone groups is 1. The first-order valence-corrected chi connectivity index (χ1v) is 13.3. The van der Waals surface area contributed by atoms with Crippen LogP contribution in [0.5, 0.6) is 0 Å². The van der Waals surface area contributed by atoms with E-state index in [1.54, 1.807) is 35.4 Å². The van der Waals surface area contributed by atoms with Crippen LogP contribution >= 0.6 is 11.3 Å².